The van der Waals surface area contributed by atoms with Gasteiger partial charge in [-0.3, -0.25) is 4.79 Å². The number of hydrogen-bond acceptors (Lipinski definition) is 5. The van der Waals surface area contributed by atoms with Gasteiger partial charge in [0.1, 0.15) is 18.7 Å². The lowest BCUT2D eigenvalue weighted by atomic mass is 10.1. The molecule has 1 aromatic rings. The molecule has 27 heavy (non-hydrogen) atoms. The van der Waals surface area contributed by atoms with Crippen LogP contribution >= 0.6 is 0 Å². The molecule has 0 saturated carbocycles. The van der Waals surface area contributed by atoms with Crippen LogP contribution in [0.1, 0.15) is 18.4 Å². The molecule has 7 nitrogen and oxygen atoms in total. The van der Waals surface area contributed by atoms with Crippen molar-refractivity contribution in [1.29, 1.82) is 0 Å². The Kier molecular flexibility index (Phi) is 5.85. The number of carbonyl (C=O) groups excluding carboxylic acids is 2. The molecule has 148 valence electrons. The second-order valence-corrected chi connectivity index (χ2v) is 6.65. The molecular formula is C17H21F3N4O3. The van der Waals surface area contributed by atoms with Crippen LogP contribution in [0.2, 0.25) is 0 Å². The smallest absolute Gasteiger partial charge is 0.407 e. The lowest BCUT2D eigenvalue weighted by molar-refractivity contribution is -0.153. The Hall–Kier alpha value is -2.33. The Balaban J connectivity index is 1.42. The molecule has 3 atom stereocenters. The first-order chi connectivity index (χ1) is 12.8. The molecule has 3 N–H and O–H groups in total. The standard InChI is InChI=1S/C17H21F3N4O3/c18-17(19,20)14-8-13(22-23-14)15(25)24-7-6-12(9-24)21-16(26)27-10-11-4-2-1-3-5-11/h1-5,12-14,22-23H,6-10H2,(H,21,26). The van der Waals surface area contributed by atoms with Crippen molar-refractivity contribution in [1.82, 2.24) is 21.1 Å². The zero-order valence-corrected chi connectivity index (χ0v) is 14.5. The lowest BCUT2D eigenvalue weighted by Crippen LogP contribution is -2.46. The Morgan fingerprint density at radius 2 is 1.96 bits per heavy atom. The van der Waals surface area contributed by atoms with E-state index in [4.69, 9.17) is 4.74 Å². The summed E-state index contributed by atoms with van der Waals surface area (Å²) >= 11 is 0. The molecule has 0 spiro atoms. The van der Waals surface area contributed by atoms with E-state index < -0.39 is 30.3 Å². The number of nitrogens with one attached hydrogen (secondary N) is 3. The van der Waals surface area contributed by atoms with E-state index in [0.717, 1.165) is 5.56 Å². The fraction of sp³-hybridized carbons (Fsp3) is 0.529. The van der Waals surface area contributed by atoms with Crippen molar-refractivity contribution in [3.63, 3.8) is 0 Å². The summed E-state index contributed by atoms with van der Waals surface area (Å²) in [6.07, 6.45) is -4.82. The van der Waals surface area contributed by atoms with Crippen molar-refractivity contribution in [3.05, 3.63) is 35.9 Å². The monoisotopic (exact) mass is 386 g/mol. The summed E-state index contributed by atoms with van der Waals surface area (Å²) in [7, 11) is 0. The number of hydrazine groups is 1. The molecule has 2 amide bonds. The molecule has 0 aromatic heterocycles. The van der Waals surface area contributed by atoms with Crippen molar-refractivity contribution < 1.29 is 27.5 Å². The average Bonchev–Trinajstić information content (AvgIpc) is 3.30. The maximum Gasteiger partial charge on any atom is 0.407 e. The summed E-state index contributed by atoms with van der Waals surface area (Å²) in [6, 6.07) is 6.25. The van der Waals surface area contributed by atoms with Gasteiger partial charge in [-0.15, -0.1) is 0 Å². The van der Waals surface area contributed by atoms with E-state index in [-0.39, 0.29) is 25.6 Å². The van der Waals surface area contributed by atoms with Gasteiger partial charge in [0.15, 0.2) is 0 Å². The SMILES string of the molecule is O=C(NC1CCN(C(=O)C2CC(C(F)(F)F)NN2)C1)OCc1ccccc1. The average molecular weight is 386 g/mol. The summed E-state index contributed by atoms with van der Waals surface area (Å²) in [5.41, 5.74) is 5.38. The molecule has 0 aliphatic carbocycles. The Morgan fingerprint density at radius 3 is 2.63 bits per heavy atom. The number of nitrogens with zero attached hydrogens (tertiary/aromatic N) is 1. The highest BCUT2D eigenvalue weighted by Gasteiger charge is 2.47. The molecule has 0 bridgehead atoms. The first kappa shape index (κ1) is 19.4. The molecule has 2 aliphatic heterocycles. The number of alkyl halides is 3. The van der Waals surface area contributed by atoms with Gasteiger partial charge in [-0.1, -0.05) is 30.3 Å². The third-order valence-corrected chi connectivity index (χ3v) is 4.63. The largest absolute Gasteiger partial charge is 0.445 e. The molecule has 10 heteroatoms. The van der Waals surface area contributed by atoms with Gasteiger partial charge >= 0.3 is 12.3 Å². The first-order valence-electron chi connectivity index (χ1n) is 8.66. The van der Waals surface area contributed by atoms with Gasteiger partial charge in [0.2, 0.25) is 5.91 Å². The van der Waals surface area contributed by atoms with E-state index in [2.05, 4.69) is 16.2 Å². The van der Waals surface area contributed by atoms with Gasteiger partial charge in [0, 0.05) is 13.1 Å². The fourth-order valence-corrected chi connectivity index (χ4v) is 3.16. The maximum atomic E-state index is 12.7. The third-order valence-electron chi connectivity index (χ3n) is 4.63. The Morgan fingerprint density at radius 1 is 1.22 bits per heavy atom. The second-order valence-electron chi connectivity index (χ2n) is 6.65. The van der Waals surface area contributed by atoms with E-state index in [1.165, 1.54) is 4.90 Å². The Bertz CT molecular complexity index is 671. The molecule has 2 saturated heterocycles. The summed E-state index contributed by atoms with van der Waals surface area (Å²) in [5, 5.41) is 2.69. The molecule has 3 unspecified atom stereocenters. The summed E-state index contributed by atoms with van der Waals surface area (Å²) in [6.45, 7) is 0.754. The molecule has 2 fully saturated rings. The van der Waals surface area contributed by atoms with Crippen molar-refractivity contribution in [2.75, 3.05) is 13.1 Å². The Labute approximate surface area is 154 Å². The van der Waals surface area contributed by atoms with Crippen molar-refractivity contribution in [2.45, 2.75) is 43.8 Å². The minimum Gasteiger partial charge on any atom is -0.445 e. The number of rotatable bonds is 4. The van der Waals surface area contributed by atoms with Gasteiger partial charge in [0.05, 0.1) is 6.04 Å². The number of amides is 2. The lowest BCUT2D eigenvalue weighted by Gasteiger charge is -2.20. The van der Waals surface area contributed by atoms with Crippen LogP contribution in [-0.2, 0) is 16.1 Å². The quantitative estimate of drug-likeness (QED) is 0.727. The van der Waals surface area contributed by atoms with Gasteiger partial charge in [-0.2, -0.15) is 13.2 Å². The van der Waals surface area contributed by atoms with Gasteiger partial charge in [-0.25, -0.2) is 15.6 Å². The highest BCUT2D eigenvalue weighted by Crippen LogP contribution is 2.26. The molecule has 1 aromatic carbocycles. The van der Waals surface area contributed by atoms with Crippen LogP contribution in [-0.4, -0.2) is 54.3 Å². The van der Waals surface area contributed by atoms with Crippen molar-refractivity contribution >= 4 is 12.0 Å². The van der Waals surface area contributed by atoms with Crippen LogP contribution in [0.15, 0.2) is 30.3 Å². The fourth-order valence-electron chi connectivity index (χ4n) is 3.16. The van der Waals surface area contributed by atoms with E-state index in [0.29, 0.717) is 13.0 Å². The van der Waals surface area contributed by atoms with E-state index in [1.807, 2.05) is 30.3 Å². The van der Waals surface area contributed by atoms with Crippen molar-refractivity contribution in [3.8, 4) is 0 Å². The van der Waals surface area contributed by atoms with Crippen LogP contribution in [0, 0.1) is 0 Å². The maximum absolute atomic E-state index is 12.7. The normalized spacial score (nSPS) is 25.4. The highest BCUT2D eigenvalue weighted by molar-refractivity contribution is 5.82. The molecular weight excluding hydrogens is 365 g/mol. The summed E-state index contributed by atoms with van der Waals surface area (Å²) in [4.78, 5) is 25.7. The van der Waals surface area contributed by atoms with Gasteiger partial charge in [-0.05, 0) is 18.4 Å². The summed E-state index contributed by atoms with van der Waals surface area (Å²) in [5.74, 6) is -0.406. The van der Waals surface area contributed by atoms with E-state index >= 15 is 0 Å². The van der Waals surface area contributed by atoms with Crippen LogP contribution in [0.4, 0.5) is 18.0 Å². The van der Waals surface area contributed by atoms with Crippen LogP contribution < -0.4 is 16.2 Å². The van der Waals surface area contributed by atoms with Gasteiger partial charge in [0.25, 0.3) is 0 Å². The second kappa shape index (κ2) is 8.13. The molecule has 2 heterocycles. The minimum absolute atomic E-state index is 0.137. The first-order valence-corrected chi connectivity index (χ1v) is 8.66. The predicted octanol–water partition coefficient (Wildman–Crippen LogP) is 1.31. The number of ether oxygens (including phenoxy) is 1. The molecule has 0 radical (unpaired) electrons. The number of hydrogen-bond donors (Lipinski definition) is 3. The van der Waals surface area contributed by atoms with Crippen LogP contribution in [0.25, 0.3) is 0 Å². The summed E-state index contributed by atoms with van der Waals surface area (Å²) < 4.78 is 43.2. The number of alkyl carbamates (subject to hydrolysis) is 1. The third kappa shape index (κ3) is 5.10. The zero-order valence-electron chi connectivity index (χ0n) is 14.5. The van der Waals surface area contributed by atoms with Gasteiger partial charge < -0.3 is 15.0 Å². The number of likely N-dealkylation sites (tertiary alicyclic amines) is 1. The van der Waals surface area contributed by atoms with Crippen LogP contribution in [0.3, 0.4) is 0 Å². The topological polar surface area (TPSA) is 82.7 Å². The number of carbonyl (C=O) groups is 2. The minimum atomic E-state index is -4.40. The number of benzene rings is 1. The highest BCUT2D eigenvalue weighted by atomic mass is 19.4. The number of halogens is 3. The predicted molar refractivity (Wildman–Crippen MR) is 89.3 cm³/mol. The van der Waals surface area contributed by atoms with E-state index in [1.54, 1.807) is 0 Å². The van der Waals surface area contributed by atoms with Crippen LogP contribution in [0.5, 0.6) is 0 Å². The van der Waals surface area contributed by atoms with Crippen molar-refractivity contribution in [2.24, 2.45) is 0 Å². The van der Waals surface area contributed by atoms with E-state index in [9.17, 15) is 22.8 Å². The molecule has 2 aliphatic rings. The molecule has 3 rings (SSSR count). The zero-order chi connectivity index (χ0) is 19.4.